The van der Waals surface area contributed by atoms with Crippen LogP contribution in [0.1, 0.15) is 18.5 Å². The number of carbonyl (C=O) groups excluding carboxylic acids is 1. The van der Waals surface area contributed by atoms with E-state index in [9.17, 15) is 31.5 Å². The van der Waals surface area contributed by atoms with E-state index in [-0.39, 0.29) is 24.3 Å². The Hall–Kier alpha value is -2.99. The fourth-order valence-corrected chi connectivity index (χ4v) is 4.45. The van der Waals surface area contributed by atoms with Gasteiger partial charge in [-0.05, 0) is 36.1 Å². The van der Waals surface area contributed by atoms with Gasteiger partial charge in [-0.15, -0.1) is 11.3 Å². The van der Waals surface area contributed by atoms with E-state index < -0.39 is 38.5 Å². The third-order valence-electron chi connectivity index (χ3n) is 3.99. The van der Waals surface area contributed by atoms with Crippen molar-refractivity contribution in [2.75, 3.05) is 11.1 Å². The number of aromatic nitrogens is 2. The third-order valence-corrected chi connectivity index (χ3v) is 6.45. The second-order valence-electron chi connectivity index (χ2n) is 6.42. The molecule has 3 rings (SSSR count). The second-order valence-corrected chi connectivity index (χ2v) is 9.37. The molecule has 0 atom stereocenters. The highest BCUT2D eigenvalue weighted by atomic mass is 32.2. The van der Waals surface area contributed by atoms with E-state index in [0.717, 1.165) is 11.3 Å². The second kappa shape index (κ2) is 9.02. The lowest BCUT2D eigenvalue weighted by atomic mass is 10.2. The van der Waals surface area contributed by atoms with Crippen LogP contribution in [-0.4, -0.2) is 35.2 Å². The Kier molecular flexibility index (Phi) is 6.60. The number of hydrogen-bond donors (Lipinski definition) is 2. The molecule has 0 unspecified atom stereocenters. The molecule has 0 aliphatic carbocycles. The van der Waals surface area contributed by atoms with Crippen molar-refractivity contribution in [3.8, 4) is 16.3 Å². The molecule has 31 heavy (non-hydrogen) atoms. The van der Waals surface area contributed by atoms with Gasteiger partial charge in [-0.2, -0.15) is 13.2 Å². The third kappa shape index (κ3) is 6.01. The normalized spacial score (nSPS) is 12.0. The van der Waals surface area contributed by atoms with Crippen molar-refractivity contribution in [1.82, 2.24) is 9.97 Å². The lowest BCUT2D eigenvalue weighted by Gasteiger charge is -2.10. The molecule has 0 fully saturated rings. The van der Waals surface area contributed by atoms with Crippen LogP contribution in [0.2, 0.25) is 0 Å². The topological polar surface area (TPSA) is 109 Å². The minimum Gasteiger partial charge on any atom is -0.508 e. The average molecular weight is 471 g/mol. The Morgan fingerprint density at radius 3 is 2.55 bits per heavy atom. The first-order valence-electron chi connectivity index (χ1n) is 8.86. The van der Waals surface area contributed by atoms with Crippen LogP contribution in [0.3, 0.4) is 0 Å². The number of alkyl halides is 3. The lowest BCUT2D eigenvalue weighted by Crippen LogP contribution is -2.18. The van der Waals surface area contributed by atoms with Crippen molar-refractivity contribution in [2.24, 2.45) is 0 Å². The maximum atomic E-state index is 13.2. The number of amides is 1. The predicted molar refractivity (Wildman–Crippen MR) is 108 cm³/mol. The van der Waals surface area contributed by atoms with Crippen LogP contribution in [0, 0.1) is 0 Å². The Balaban J connectivity index is 1.73. The summed E-state index contributed by atoms with van der Waals surface area (Å²) >= 11 is 1.12. The van der Waals surface area contributed by atoms with Gasteiger partial charge in [-0.3, -0.25) is 4.79 Å². The van der Waals surface area contributed by atoms with Gasteiger partial charge in [0.1, 0.15) is 11.4 Å². The molecule has 3 aromatic rings. The molecule has 1 amide bonds. The zero-order valence-electron chi connectivity index (χ0n) is 15.8. The lowest BCUT2D eigenvalue weighted by molar-refractivity contribution is -0.141. The zero-order chi connectivity index (χ0) is 22.6. The molecule has 0 radical (unpaired) electrons. The van der Waals surface area contributed by atoms with Crippen LogP contribution in [0.25, 0.3) is 10.6 Å². The molecular formula is C19H16F3N3O4S2. The van der Waals surface area contributed by atoms with Gasteiger partial charge in [-0.25, -0.2) is 18.4 Å². The van der Waals surface area contributed by atoms with Crippen LogP contribution < -0.4 is 5.32 Å². The molecule has 1 aromatic carbocycles. The van der Waals surface area contributed by atoms with Crippen LogP contribution in [0.5, 0.6) is 5.75 Å². The number of thiophene rings is 1. The van der Waals surface area contributed by atoms with E-state index in [4.69, 9.17) is 0 Å². The molecule has 2 N–H and O–H groups in total. The number of benzene rings is 1. The number of rotatable bonds is 7. The highest BCUT2D eigenvalue weighted by Gasteiger charge is 2.35. The quantitative estimate of drug-likeness (QED) is 0.502. The number of aromatic hydroxyl groups is 1. The van der Waals surface area contributed by atoms with Crippen molar-refractivity contribution >= 4 is 32.8 Å². The highest BCUT2D eigenvalue weighted by Crippen LogP contribution is 2.32. The fraction of sp³-hybridized carbons (Fsp3) is 0.211. The van der Waals surface area contributed by atoms with E-state index >= 15 is 0 Å². The van der Waals surface area contributed by atoms with Crippen molar-refractivity contribution < 1.29 is 31.5 Å². The predicted octanol–water partition coefficient (Wildman–Crippen LogP) is 4.12. The largest absolute Gasteiger partial charge is 0.508 e. The van der Waals surface area contributed by atoms with Gasteiger partial charge in [0.15, 0.2) is 0 Å². The maximum absolute atomic E-state index is 13.2. The summed E-state index contributed by atoms with van der Waals surface area (Å²) in [5, 5.41) is 12.6. The zero-order valence-corrected chi connectivity index (χ0v) is 17.4. The van der Waals surface area contributed by atoms with E-state index in [2.05, 4.69) is 15.3 Å². The Bertz CT molecular complexity index is 1180. The first-order chi connectivity index (χ1) is 14.5. The van der Waals surface area contributed by atoms with Crippen LogP contribution in [0.15, 0.2) is 53.0 Å². The molecule has 2 heterocycles. The number of nitrogens with one attached hydrogen (secondary N) is 1. The number of sulfone groups is 1. The Labute approximate surface area is 179 Å². The van der Waals surface area contributed by atoms with Crippen LogP contribution in [0.4, 0.5) is 18.9 Å². The van der Waals surface area contributed by atoms with Gasteiger partial charge in [0.05, 0.1) is 16.3 Å². The maximum Gasteiger partial charge on any atom is 0.433 e. The van der Waals surface area contributed by atoms with Crippen molar-refractivity contribution in [2.45, 2.75) is 24.2 Å². The summed E-state index contributed by atoms with van der Waals surface area (Å²) in [6.07, 6.45) is -5.20. The molecule has 0 saturated carbocycles. The van der Waals surface area contributed by atoms with Crippen molar-refractivity contribution in [1.29, 1.82) is 0 Å². The summed E-state index contributed by atoms with van der Waals surface area (Å²) in [4.78, 5) is 19.4. The Morgan fingerprint density at radius 2 is 1.90 bits per heavy atom. The molecule has 0 bridgehead atoms. The van der Waals surface area contributed by atoms with Crippen molar-refractivity contribution in [3.63, 3.8) is 0 Å². The first-order valence-corrected chi connectivity index (χ1v) is 11.4. The summed E-state index contributed by atoms with van der Waals surface area (Å²) < 4.78 is 64.8. The molecule has 2 aromatic heterocycles. The number of anilines is 1. The van der Waals surface area contributed by atoms with Crippen LogP contribution >= 0.6 is 11.3 Å². The van der Waals surface area contributed by atoms with E-state index in [1.807, 2.05) is 0 Å². The molecule has 0 aliphatic heterocycles. The van der Waals surface area contributed by atoms with Gasteiger partial charge in [0.2, 0.25) is 20.9 Å². The molecule has 164 valence electrons. The first kappa shape index (κ1) is 22.7. The van der Waals surface area contributed by atoms with Gasteiger partial charge >= 0.3 is 6.18 Å². The van der Waals surface area contributed by atoms with Gasteiger partial charge < -0.3 is 10.4 Å². The van der Waals surface area contributed by atoms with Gasteiger partial charge in [-0.1, -0.05) is 12.1 Å². The molecule has 0 aliphatic rings. The summed E-state index contributed by atoms with van der Waals surface area (Å²) in [7, 11) is -4.27. The monoisotopic (exact) mass is 471 g/mol. The summed E-state index contributed by atoms with van der Waals surface area (Å²) in [6.45, 7) is 0. The molecular weight excluding hydrogens is 455 g/mol. The Morgan fingerprint density at radius 1 is 1.13 bits per heavy atom. The van der Waals surface area contributed by atoms with E-state index in [0.29, 0.717) is 16.6 Å². The molecule has 12 heteroatoms. The standard InChI is InChI=1S/C19H16F3N3O4S2/c20-19(21,22)16-11-14(15-6-2-8-30-15)24-18(25-16)31(28,29)9-3-7-17(27)23-12-4-1-5-13(26)10-12/h1-2,4-6,8,10-11,26H,3,7,9H2,(H,23,27). The summed E-state index contributed by atoms with van der Waals surface area (Å²) in [6, 6.07) is 9.62. The van der Waals surface area contributed by atoms with E-state index in [1.54, 1.807) is 11.4 Å². The van der Waals surface area contributed by atoms with E-state index in [1.165, 1.54) is 30.3 Å². The number of phenols is 1. The number of nitrogens with zero attached hydrogens (tertiary/aromatic N) is 2. The summed E-state index contributed by atoms with van der Waals surface area (Å²) in [5.41, 5.74) is -1.17. The van der Waals surface area contributed by atoms with Gasteiger partial charge in [0, 0.05) is 18.2 Å². The average Bonchev–Trinajstić information content (AvgIpc) is 3.21. The van der Waals surface area contributed by atoms with Crippen molar-refractivity contribution in [3.05, 3.63) is 53.5 Å². The minimum atomic E-state index is -4.85. The molecule has 0 saturated heterocycles. The SMILES string of the molecule is O=C(CCCS(=O)(=O)c1nc(-c2cccs2)cc(C(F)(F)F)n1)Nc1cccc(O)c1. The summed E-state index contributed by atoms with van der Waals surface area (Å²) in [5.74, 6) is -1.17. The minimum absolute atomic E-state index is 0.0522. The number of halogens is 3. The number of phenolic OH excluding ortho intramolecular Hbond substituents is 1. The number of hydrogen-bond acceptors (Lipinski definition) is 7. The fourth-order valence-electron chi connectivity index (χ4n) is 2.58. The molecule has 0 spiro atoms. The van der Waals surface area contributed by atoms with Gasteiger partial charge in [0.25, 0.3) is 0 Å². The smallest absolute Gasteiger partial charge is 0.433 e. The van der Waals surface area contributed by atoms with Crippen LogP contribution in [-0.2, 0) is 20.8 Å². The molecule has 7 nitrogen and oxygen atoms in total. The number of carbonyl (C=O) groups is 1. The highest BCUT2D eigenvalue weighted by molar-refractivity contribution is 7.91.